The van der Waals surface area contributed by atoms with Crippen molar-refractivity contribution < 1.29 is 4.74 Å². The summed E-state index contributed by atoms with van der Waals surface area (Å²) in [5, 5.41) is 4.33. The van der Waals surface area contributed by atoms with Gasteiger partial charge < -0.3 is 19.5 Å². The van der Waals surface area contributed by atoms with Gasteiger partial charge in [0.25, 0.3) is 0 Å². The second kappa shape index (κ2) is 8.48. The Balaban J connectivity index is 1.83. The van der Waals surface area contributed by atoms with Crippen molar-refractivity contribution in [3.8, 4) is 11.4 Å². The highest BCUT2D eigenvalue weighted by atomic mass is 32.1. The Morgan fingerprint density at radius 3 is 2.67 bits per heavy atom. The molecule has 156 valence electrons. The van der Waals surface area contributed by atoms with E-state index in [1.807, 2.05) is 30.5 Å². The van der Waals surface area contributed by atoms with Crippen LogP contribution in [0.2, 0.25) is 0 Å². The fourth-order valence-corrected chi connectivity index (χ4v) is 4.79. The highest BCUT2D eigenvalue weighted by Crippen LogP contribution is 2.41. The van der Waals surface area contributed by atoms with Crippen molar-refractivity contribution in [3.05, 3.63) is 77.4 Å². The summed E-state index contributed by atoms with van der Waals surface area (Å²) >= 11 is 5.73. The van der Waals surface area contributed by atoms with Crippen LogP contribution in [0.15, 0.2) is 54.7 Å². The Hall–Kier alpha value is -2.86. The van der Waals surface area contributed by atoms with Crippen LogP contribution in [0.4, 0.5) is 0 Å². The third kappa shape index (κ3) is 3.56. The lowest BCUT2D eigenvalue weighted by atomic mass is 9.96. The summed E-state index contributed by atoms with van der Waals surface area (Å²) in [6.45, 7) is 7.43. The van der Waals surface area contributed by atoms with Crippen LogP contribution in [0.3, 0.4) is 0 Å². The van der Waals surface area contributed by atoms with Gasteiger partial charge in [-0.3, -0.25) is 4.98 Å². The number of ether oxygens (including phenoxy) is 1. The minimum Gasteiger partial charge on any atom is -0.497 e. The van der Waals surface area contributed by atoms with Crippen LogP contribution >= 0.6 is 12.2 Å². The molecule has 1 fully saturated rings. The van der Waals surface area contributed by atoms with Gasteiger partial charge >= 0.3 is 0 Å². The summed E-state index contributed by atoms with van der Waals surface area (Å²) in [7, 11) is 1.70. The summed E-state index contributed by atoms with van der Waals surface area (Å²) in [4.78, 5) is 6.94. The smallest absolute Gasteiger partial charge is 0.170 e. The average molecular weight is 421 g/mol. The van der Waals surface area contributed by atoms with Crippen molar-refractivity contribution in [2.75, 3.05) is 13.7 Å². The van der Waals surface area contributed by atoms with Crippen LogP contribution in [-0.2, 0) is 0 Å². The predicted octanol–water partition coefficient (Wildman–Crippen LogP) is 4.88. The SMILES string of the molecule is CCCN1C(=S)N[C@H](c2ccccn2)[C@@H]1c1cc(C)n(-c2cccc(OC)c2)c1C. The van der Waals surface area contributed by atoms with E-state index in [2.05, 4.69) is 64.8 Å². The van der Waals surface area contributed by atoms with E-state index in [4.69, 9.17) is 17.0 Å². The fraction of sp³-hybridized carbons (Fsp3) is 0.333. The molecule has 30 heavy (non-hydrogen) atoms. The van der Waals surface area contributed by atoms with Crippen molar-refractivity contribution >= 4 is 17.3 Å². The number of pyridine rings is 1. The molecule has 0 saturated carbocycles. The molecule has 1 aromatic carbocycles. The molecule has 1 aliphatic heterocycles. The lowest BCUT2D eigenvalue weighted by Crippen LogP contribution is -2.30. The first-order valence-corrected chi connectivity index (χ1v) is 10.8. The Labute approximate surface area is 183 Å². The predicted molar refractivity (Wildman–Crippen MR) is 124 cm³/mol. The van der Waals surface area contributed by atoms with Gasteiger partial charge in [0.05, 0.1) is 24.9 Å². The van der Waals surface area contributed by atoms with Crippen LogP contribution in [0.1, 0.15) is 48.1 Å². The van der Waals surface area contributed by atoms with Gasteiger partial charge in [-0.25, -0.2) is 0 Å². The van der Waals surface area contributed by atoms with E-state index < -0.39 is 0 Å². The largest absolute Gasteiger partial charge is 0.497 e. The number of hydrogen-bond acceptors (Lipinski definition) is 3. The van der Waals surface area contributed by atoms with Gasteiger partial charge in [-0.05, 0) is 68.4 Å². The number of hydrogen-bond donors (Lipinski definition) is 1. The topological polar surface area (TPSA) is 42.3 Å². The molecule has 4 rings (SSSR count). The zero-order valence-corrected chi connectivity index (χ0v) is 18.7. The summed E-state index contributed by atoms with van der Waals surface area (Å²) < 4.78 is 7.73. The van der Waals surface area contributed by atoms with E-state index in [0.29, 0.717) is 0 Å². The van der Waals surface area contributed by atoms with E-state index in [1.165, 1.54) is 17.0 Å². The van der Waals surface area contributed by atoms with Gasteiger partial charge in [-0.15, -0.1) is 0 Å². The normalized spacial score (nSPS) is 18.5. The van der Waals surface area contributed by atoms with Crippen molar-refractivity contribution in [3.63, 3.8) is 0 Å². The number of nitrogens with one attached hydrogen (secondary N) is 1. The van der Waals surface area contributed by atoms with Crippen LogP contribution in [0.25, 0.3) is 5.69 Å². The second-order valence-corrected chi connectivity index (χ2v) is 8.07. The average Bonchev–Trinajstić information content (AvgIpc) is 3.24. The van der Waals surface area contributed by atoms with E-state index in [-0.39, 0.29) is 12.1 Å². The van der Waals surface area contributed by atoms with Crippen LogP contribution in [-0.4, -0.2) is 33.2 Å². The molecule has 3 heterocycles. The number of aromatic nitrogens is 2. The minimum atomic E-state index is 0.0181. The quantitative estimate of drug-likeness (QED) is 0.576. The molecule has 1 aliphatic rings. The van der Waals surface area contributed by atoms with Gasteiger partial charge in [0.2, 0.25) is 0 Å². The first-order valence-electron chi connectivity index (χ1n) is 10.4. The third-order valence-corrected chi connectivity index (χ3v) is 6.12. The maximum absolute atomic E-state index is 5.73. The molecule has 2 aromatic heterocycles. The summed E-state index contributed by atoms with van der Waals surface area (Å²) in [6.07, 6.45) is 2.88. The number of thiocarbonyl (C=S) groups is 1. The maximum atomic E-state index is 5.73. The molecule has 1 N–H and O–H groups in total. The van der Waals surface area contributed by atoms with Gasteiger partial charge in [0, 0.05) is 35.9 Å². The Kier molecular flexibility index (Phi) is 5.77. The number of rotatable bonds is 6. The van der Waals surface area contributed by atoms with Gasteiger partial charge in [-0.2, -0.15) is 0 Å². The van der Waals surface area contributed by atoms with Gasteiger partial charge in [0.15, 0.2) is 5.11 Å². The third-order valence-electron chi connectivity index (χ3n) is 5.76. The molecule has 0 radical (unpaired) electrons. The fourth-order valence-electron chi connectivity index (χ4n) is 4.46. The van der Waals surface area contributed by atoms with Crippen LogP contribution < -0.4 is 10.1 Å². The first kappa shape index (κ1) is 20.4. The molecule has 0 bridgehead atoms. The van der Waals surface area contributed by atoms with E-state index >= 15 is 0 Å². The number of methoxy groups -OCH3 is 1. The molecule has 0 aliphatic carbocycles. The summed E-state index contributed by atoms with van der Waals surface area (Å²) in [5.41, 5.74) is 5.77. The molecule has 0 amide bonds. The Morgan fingerprint density at radius 1 is 1.13 bits per heavy atom. The van der Waals surface area contributed by atoms with Crippen LogP contribution in [0, 0.1) is 13.8 Å². The first-order chi connectivity index (χ1) is 14.5. The van der Waals surface area contributed by atoms with Gasteiger partial charge in [-0.1, -0.05) is 19.1 Å². The Bertz CT molecular complexity index is 1050. The highest BCUT2D eigenvalue weighted by molar-refractivity contribution is 7.80. The molecule has 3 aromatic rings. The van der Waals surface area contributed by atoms with E-state index in [0.717, 1.165) is 35.2 Å². The number of nitrogens with zero attached hydrogens (tertiary/aromatic N) is 3. The van der Waals surface area contributed by atoms with Gasteiger partial charge in [0.1, 0.15) is 5.75 Å². The summed E-state index contributed by atoms with van der Waals surface area (Å²) in [5.74, 6) is 0.851. The number of benzene rings is 1. The highest BCUT2D eigenvalue weighted by Gasteiger charge is 2.40. The maximum Gasteiger partial charge on any atom is 0.170 e. The zero-order valence-electron chi connectivity index (χ0n) is 17.9. The van der Waals surface area contributed by atoms with E-state index in [9.17, 15) is 0 Å². The molecule has 2 atom stereocenters. The van der Waals surface area contributed by atoms with Crippen LogP contribution in [0.5, 0.6) is 5.75 Å². The summed E-state index contributed by atoms with van der Waals surface area (Å²) in [6, 6.07) is 16.6. The van der Waals surface area contributed by atoms with Crippen molar-refractivity contribution in [1.29, 1.82) is 0 Å². The second-order valence-electron chi connectivity index (χ2n) is 7.68. The van der Waals surface area contributed by atoms with E-state index in [1.54, 1.807) is 7.11 Å². The number of aryl methyl sites for hydroxylation is 1. The van der Waals surface area contributed by atoms with Crippen molar-refractivity contribution in [2.45, 2.75) is 39.3 Å². The molecule has 0 spiro atoms. The van der Waals surface area contributed by atoms with Crippen molar-refractivity contribution in [1.82, 2.24) is 19.8 Å². The molecule has 1 saturated heterocycles. The monoisotopic (exact) mass is 420 g/mol. The standard InChI is InChI=1S/C24H28N4OS/c1-5-13-27-23(22(26-24(27)30)21-11-6-7-12-25-21)20-14-16(2)28(17(20)3)18-9-8-10-19(15-18)29-4/h6-12,14-15,22-23H,5,13H2,1-4H3,(H,26,30)/t22-,23+/m1/s1. The molecular formula is C24H28N4OS. The lowest BCUT2D eigenvalue weighted by molar-refractivity contribution is 0.316. The molecule has 5 nitrogen and oxygen atoms in total. The molecule has 0 unspecified atom stereocenters. The lowest BCUT2D eigenvalue weighted by Gasteiger charge is -2.27. The van der Waals surface area contributed by atoms with Crippen molar-refractivity contribution in [2.24, 2.45) is 0 Å². The molecular weight excluding hydrogens is 392 g/mol. The Morgan fingerprint density at radius 2 is 1.97 bits per heavy atom. The molecule has 6 heteroatoms. The zero-order chi connectivity index (χ0) is 21.3. The minimum absolute atomic E-state index is 0.0181.